The molecule has 1 fully saturated rings. The second kappa shape index (κ2) is 5.50. The second-order valence-electron chi connectivity index (χ2n) is 5.54. The van der Waals surface area contributed by atoms with Crippen LogP contribution in [0.2, 0.25) is 5.02 Å². The first kappa shape index (κ1) is 13.7. The Labute approximate surface area is 114 Å². The van der Waals surface area contributed by atoms with Gasteiger partial charge in [-0.3, -0.25) is 0 Å². The van der Waals surface area contributed by atoms with Gasteiger partial charge in [-0.1, -0.05) is 11.6 Å². The van der Waals surface area contributed by atoms with Crippen LogP contribution < -0.4 is 10.5 Å². The normalized spacial score (nSPS) is 16.7. The lowest BCUT2D eigenvalue weighted by atomic mass is 9.98. The average molecular weight is 268 g/mol. The molecule has 0 spiro atoms. The number of benzene rings is 1. The number of hydrogen-bond acceptors (Lipinski definition) is 2. The third-order valence-electron chi connectivity index (χ3n) is 3.47. The minimum Gasteiger partial charge on any atom is -0.493 e. The fraction of sp³-hybridized carbons (Fsp3) is 0.600. The molecule has 2 nitrogen and oxygen atoms in total. The molecule has 1 aliphatic carbocycles. The van der Waals surface area contributed by atoms with Crippen LogP contribution in [-0.2, 0) is 6.42 Å². The zero-order valence-corrected chi connectivity index (χ0v) is 12.2. The molecule has 0 bridgehead atoms. The van der Waals surface area contributed by atoms with E-state index in [2.05, 4.69) is 13.0 Å². The average Bonchev–Trinajstić information content (AvgIpc) is 3.11. The summed E-state index contributed by atoms with van der Waals surface area (Å²) in [5.41, 5.74) is 9.28. The SMILES string of the molecule is Cc1cc(OCC2CC2)c(CC(C)N)c(C)c1Cl. The molecule has 100 valence electrons. The predicted octanol–water partition coefficient (Wildman–Crippen LogP) is 3.64. The zero-order valence-electron chi connectivity index (χ0n) is 11.4. The highest BCUT2D eigenvalue weighted by Gasteiger charge is 2.23. The number of nitrogens with two attached hydrogens (primary N) is 1. The fourth-order valence-corrected chi connectivity index (χ4v) is 2.33. The lowest BCUT2D eigenvalue weighted by molar-refractivity contribution is 0.296. The second-order valence-corrected chi connectivity index (χ2v) is 5.92. The molecule has 0 saturated heterocycles. The first-order valence-electron chi connectivity index (χ1n) is 6.66. The van der Waals surface area contributed by atoms with E-state index in [0.29, 0.717) is 0 Å². The van der Waals surface area contributed by atoms with Crippen LogP contribution in [0, 0.1) is 19.8 Å². The molecule has 1 atom stereocenters. The molecule has 1 aliphatic rings. The standard InChI is InChI=1S/C15H22ClNO/c1-9-6-14(18-8-12-4-5-12)13(7-10(2)17)11(3)15(9)16/h6,10,12H,4-5,7-8,17H2,1-3H3. The molecule has 2 rings (SSSR count). The third kappa shape index (κ3) is 3.18. The van der Waals surface area contributed by atoms with E-state index in [4.69, 9.17) is 22.1 Å². The van der Waals surface area contributed by atoms with E-state index >= 15 is 0 Å². The first-order valence-corrected chi connectivity index (χ1v) is 7.03. The summed E-state index contributed by atoms with van der Waals surface area (Å²) >= 11 is 6.32. The van der Waals surface area contributed by atoms with Crippen molar-refractivity contribution in [2.24, 2.45) is 11.7 Å². The largest absolute Gasteiger partial charge is 0.493 e. The summed E-state index contributed by atoms with van der Waals surface area (Å²) in [6, 6.07) is 2.17. The van der Waals surface area contributed by atoms with Crippen molar-refractivity contribution in [3.05, 3.63) is 27.8 Å². The molecule has 1 unspecified atom stereocenters. The highest BCUT2D eigenvalue weighted by atomic mass is 35.5. The summed E-state index contributed by atoms with van der Waals surface area (Å²) in [5, 5.41) is 0.837. The molecular weight excluding hydrogens is 246 g/mol. The van der Waals surface area contributed by atoms with Gasteiger partial charge in [0.1, 0.15) is 5.75 Å². The van der Waals surface area contributed by atoms with E-state index in [-0.39, 0.29) is 6.04 Å². The van der Waals surface area contributed by atoms with Gasteiger partial charge >= 0.3 is 0 Å². The van der Waals surface area contributed by atoms with Gasteiger partial charge in [-0.25, -0.2) is 0 Å². The Hall–Kier alpha value is -0.730. The number of aryl methyl sites for hydroxylation is 1. The summed E-state index contributed by atoms with van der Waals surface area (Å²) < 4.78 is 5.96. The van der Waals surface area contributed by atoms with Gasteiger partial charge in [-0.2, -0.15) is 0 Å². The Morgan fingerprint density at radius 3 is 2.67 bits per heavy atom. The van der Waals surface area contributed by atoms with Gasteiger partial charge in [0.25, 0.3) is 0 Å². The van der Waals surface area contributed by atoms with Crippen LogP contribution in [0.3, 0.4) is 0 Å². The third-order valence-corrected chi connectivity index (χ3v) is 4.05. The van der Waals surface area contributed by atoms with Crippen molar-refractivity contribution in [1.82, 2.24) is 0 Å². The molecule has 1 saturated carbocycles. The highest BCUT2D eigenvalue weighted by Crippen LogP contribution is 2.35. The number of halogens is 1. The molecule has 3 heteroatoms. The van der Waals surface area contributed by atoms with Crippen LogP contribution in [0.15, 0.2) is 6.07 Å². The molecule has 2 N–H and O–H groups in total. The maximum Gasteiger partial charge on any atom is 0.123 e. The molecule has 0 aliphatic heterocycles. The Bertz CT molecular complexity index is 439. The minimum atomic E-state index is 0.116. The van der Waals surface area contributed by atoms with Gasteiger partial charge in [0, 0.05) is 16.6 Å². The summed E-state index contributed by atoms with van der Waals surface area (Å²) in [6.07, 6.45) is 3.41. The van der Waals surface area contributed by atoms with Crippen LogP contribution in [0.4, 0.5) is 0 Å². The molecule has 0 amide bonds. The maximum atomic E-state index is 6.32. The van der Waals surface area contributed by atoms with Crippen molar-refractivity contribution in [3.8, 4) is 5.75 Å². The van der Waals surface area contributed by atoms with Crippen molar-refractivity contribution in [2.45, 2.75) is 46.1 Å². The van der Waals surface area contributed by atoms with Gasteiger partial charge in [0.05, 0.1) is 6.61 Å². The number of rotatable bonds is 5. The van der Waals surface area contributed by atoms with Crippen LogP contribution in [0.25, 0.3) is 0 Å². The fourth-order valence-electron chi connectivity index (χ4n) is 2.16. The van der Waals surface area contributed by atoms with Gasteiger partial charge in [0.2, 0.25) is 0 Å². The van der Waals surface area contributed by atoms with Gasteiger partial charge < -0.3 is 10.5 Å². The van der Waals surface area contributed by atoms with Crippen LogP contribution in [0.1, 0.15) is 36.5 Å². The lowest BCUT2D eigenvalue weighted by Crippen LogP contribution is -2.19. The van der Waals surface area contributed by atoms with E-state index < -0.39 is 0 Å². The quantitative estimate of drug-likeness (QED) is 0.884. The van der Waals surface area contributed by atoms with E-state index in [1.165, 1.54) is 18.4 Å². The molecule has 0 aromatic heterocycles. The van der Waals surface area contributed by atoms with Crippen molar-refractivity contribution < 1.29 is 4.74 Å². The van der Waals surface area contributed by atoms with Gasteiger partial charge in [-0.05, 0) is 63.1 Å². The van der Waals surface area contributed by atoms with Crippen molar-refractivity contribution in [3.63, 3.8) is 0 Å². The highest BCUT2D eigenvalue weighted by molar-refractivity contribution is 6.32. The van der Waals surface area contributed by atoms with E-state index in [9.17, 15) is 0 Å². The molecule has 1 aromatic rings. The summed E-state index contributed by atoms with van der Waals surface area (Å²) in [4.78, 5) is 0. The predicted molar refractivity (Wildman–Crippen MR) is 76.5 cm³/mol. The summed E-state index contributed by atoms with van der Waals surface area (Å²) in [7, 11) is 0. The van der Waals surface area contributed by atoms with E-state index in [1.54, 1.807) is 0 Å². The van der Waals surface area contributed by atoms with Gasteiger partial charge in [-0.15, -0.1) is 0 Å². The molecule has 1 aromatic carbocycles. The molecule has 18 heavy (non-hydrogen) atoms. The maximum absolute atomic E-state index is 6.32. The molecule has 0 radical (unpaired) electrons. The van der Waals surface area contributed by atoms with Crippen molar-refractivity contribution >= 4 is 11.6 Å². The Balaban J connectivity index is 2.27. The smallest absolute Gasteiger partial charge is 0.123 e. The van der Waals surface area contributed by atoms with E-state index in [1.807, 2.05) is 13.8 Å². The lowest BCUT2D eigenvalue weighted by Gasteiger charge is -2.18. The van der Waals surface area contributed by atoms with E-state index in [0.717, 1.165) is 40.8 Å². The molecule has 0 heterocycles. The summed E-state index contributed by atoms with van der Waals surface area (Å²) in [6.45, 7) is 6.91. The van der Waals surface area contributed by atoms with Crippen LogP contribution >= 0.6 is 11.6 Å². The summed E-state index contributed by atoms with van der Waals surface area (Å²) in [5.74, 6) is 1.73. The van der Waals surface area contributed by atoms with Gasteiger partial charge in [0.15, 0.2) is 0 Å². The first-order chi connectivity index (χ1) is 8.49. The zero-order chi connectivity index (χ0) is 13.3. The Kier molecular flexibility index (Phi) is 4.18. The minimum absolute atomic E-state index is 0.116. The van der Waals surface area contributed by atoms with Crippen LogP contribution in [-0.4, -0.2) is 12.6 Å². The Morgan fingerprint density at radius 1 is 1.44 bits per heavy atom. The Morgan fingerprint density at radius 2 is 2.11 bits per heavy atom. The number of ether oxygens (including phenoxy) is 1. The van der Waals surface area contributed by atoms with Crippen molar-refractivity contribution in [1.29, 1.82) is 0 Å². The molecular formula is C15H22ClNO. The monoisotopic (exact) mass is 267 g/mol. The van der Waals surface area contributed by atoms with Crippen molar-refractivity contribution in [2.75, 3.05) is 6.61 Å². The number of hydrogen-bond donors (Lipinski definition) is 1. The van der Waals surface area contributed by atoms with Crippen LogP contribution in [0.5, 0.6) is 5.75 Å². The topological polar surface area (TPSA) is 35.2 Å².